The predicted octanol–water partition coefficient (Wildman–Crippen LogP) is 4.83. The zero-order valence-corrected chi connectivity index (χ0v) is 17.9. The summed E-state index contributed by atoms with van der Waals surface area (Å²) in [5, 5.41) is 7.97. The summed E-state index contributed by atoms with van der Waals surface area (Å²) >= 11 is 0. The highest BCUT2D eigenvalue weighted by molar-refractivity contribution is 5.97. The lowest BCUT2D eigenvalue weighted by molar-refractivity contribution is 0.0948. The van der Waals surface area contributed by atoms with Crippen LogP contribution in [0.1, 0.15) is 66.5 Å². The molecule has 1 aromatic carbocycles. The van der Waals surface area contributed by atoms with Crippen LogP contribution >= 0.6 is 0 Å². The third kappa shape index (κ3) is 4.91. The Morgan fingerprint density at radius 2 is 1.93 bits per heavy atom. The van der Waals surface area contributed by atoms with E-state index in [0.29, 0.717) is 18.0 Å². The lowest BCUT2D eigenvalue weighted by Crippen LogP contribution is -2.25. The first kappa shape index (κ1) is 20.8. The minimum absolute atomic E-state index is 0.0768. The van der Waals surface area contributed by atoms with Gasteiger partial charge >= 0.3 is 0 Å². The molecule has 152 valence electrons. The maximum Gasteiger partial charge on any atom is 0.255 e. The molecule has 5 heteroatoms. The number of nitrogens with one attached hydrogen (secondary N) is 1. The van der Waals surface area contributed by atoms with E-state index in [1.54, 1.807) is 12.4 Å². The van der Waals surface area contributed by atoms with Crippen LogP contribution in [0.5, 0.6) is 0 Å². The number of hydrogen-bond acceptors (Lipinski definition) is 3. The Hall–Kier alpha value is -2.95. The Bertz CT molecular complexity index is 974. The van der Waals surface area contributed by atoms with Crippen molar-refractivity contribution in [1.29, 1.82) is 0 Å². The lowest BCUT2D eigenvalue weighted by Gasteiger charge is -2.14. The van der Waals surface area contributed by atoms with Crippen molar-refractivity contribution >= 4 is 5.91 Å². The Kier molecular flexibility index (Phi) is 6.47. The van der Waals surface area contributed by atoms with Gasteiger partial charge in [0.2, 0.25) is 0 Å². The Balaban J connectivity index is 2.04. The highest BCUT2D eigenvalue weighted by Crippen LogP contribution is 2.28. The zero-order valence-electron chi connectivity index (χ0n) is 17.9. The SMILES string of the molecule is Cc1cccc(-n2nc(CC(C)C)c(C(=O)NCc3cccnc3)c2C(C)C)c1. The second-order valence-corrected chi connectivity index (χ2v) is 8.25. The van der Waals surface area contributed by atoms with Crippen LogP contribution in [-0.4, -0.2) is 20.7 Å². The standard InChI is InChI=1S/C24H30N4O/c1-16(2)12-21-22(24(29)26-15-19-9-7-11-25-14-19)23(17(3)4)28(27-21)20-10-6-8-18(5)13-20/h6-11,13-14,16-17H,12,15H2,1-5H3,(H,26,29). The molecule has 0 saturated carbocycles. The van der Waals surface area contributed by atoms with E-state index in [-0.39, 0.29) is 11.8 Å². The smallest absolute Gasteiger partial charge is 0.255 e. The number of carbonyl (C=O) groups is 1. The third-order valence-corrected chi connectivity index (χ3v) is 4.79. The van der Waals surface area contributed by atoms with Crippen molar-refractivity contribution < 1.29 is 4.79 Å². The van der Waals surface area contributed by atoms with E-state index in [4.69, 9.17) is 5.10 Å². The molecule has 0 aliphatic heterocycles. The number of benzene rings is 1. The maximum atomic E-state index is 13.3. The molecule has 0 saturated heterocycles. The molecule has 0 aliphatic carbocycles. The molecule has 29 heavy (non-hydrogen) atoms. The highest BCUT2D eigenvalue weighted by atomic mass is 16.1. The molecule has 2 heterocycles. The molecular weight excluding hydrogens is 360 g/mol. The topological polar surface area (TPSA) is 59.8 Å². The van der Waals surface area contributed by atoms with Crippen LogP contribution in [0, 0.1) is 12.8 Å². The van der Waals surface area contributed by atoms with Crippen molar-refractivity contribution in [3.8, 4) is 5.69 Å². The number of nitrogens with zero attached hydrogens (tertiary/aromatic N) is 3. The molecular formula is C24H30N4O. The second kappa shape index (κ2) is 9.03. The first-order valence-electron chi connectivity index (χ1n) is 10.2. The van der Waals surface area contributed by atoms with E-state index < -0.39 is 0 Å². The van der Waals surface area contributed by atoms with Gasteiger partial charge in [0.15, 0.2) is 0 Å². The number of rotatable bonds is 7. The molecule has 0 spiro atoms. The van der Waals surface area contributed by atoms with E-state index >= 15 is 0 Å². The van der Waals surface area contributed by atoms with Gasteiger partial charge < -0.3 is 5.32 Å². The summed E-state index contributed by atoms with van der Waals surface area (Å²) in [6.07, 6.45) is 4.26. The molecule has 0 radical (unpaired) electrons. The van der Waals surface area contributed by atoms with Crippen LogP contribution in [0.15, 0.2) is 48.8 Å². The van der Waals surface area contributed by atoms with Gasteiger partial charge in [-0.15, -0.1) is 0 Å². The normalized spacial score (nSPS) is 11.3. The number of amides is 1. The van der Waals surface area contributed by atoms with Crippen LogP contribution in [0.4, 0.5) is 0 Å². The Labute approximate surface area is 173 Å². The number of aromatic nitrogens is 3. The van der Waals surface area contributed by atoms with E-state index in [0.717, 1.165) is 29.1 Å². The van der Waals surface area contributed by atoms with Crippen LogP contribution < -0.4 is 5.32 Å². The molecule has 3 rings (SSSR count). The average molecular weight is 391 g/mol. The molecule has 1 N–H and O–H groups in total. The maximum absolute atomic E-state index is 13.3. The Morgan fingerprint density at radius 1 is 1.14 bits per heavy atom. The van der Waals surface area contributed by atoms with Crippen molar-refractivity contribution in [2.75, 3.05) is 0 Å². The molecule has 0 fully saturated rings. The summed E-state index contributed by atoms with van der Waals surface area (Å²) in [5.41, 5.74) is 5.65. The minimum atomic E-state index is -0.0768. The summed E-state index contributed by atoms with van der Waals surface area (Å²) in [6, 6.07) is 12.1. The van der Waals surface area contributed by atoms with E-state index in [9.17, 15) is 4.79 Å². The second-order valence-electron chi connectivity index (χ2n) is 8.25. The van der Waals surface area contributed by atoms with Gasteiger partial charge in [0, 0.05) is 18.9 Å². The third-order valence-electron chi connectivity index (χ3n) is 4.79. The Morgan fingerprint density at radius 3 is 2.55 bits per heavy atom. The van der Waals surface area contributed by atoms with Crippen molar-refractivity contribution in [2.45, 2.75) is 53.5 Å². The fraction of sp³-hybridized carbons (Fsp3) is 0.375. The number of hydrogen-bond donors (Lipinski definition) is 1. The van der Waals surface area contributed by atoms with Gasteiger partial charge in [0.1, 0.15) is 0 Å². The van der Waals surface area contributed by atoms with Crippen molar-refractivity contribution in [3.05, 3.63) is 76.9 Å². The van der Waals surface area contributed by atoms with Crippen molar-refractivity contribution in [2.24, 2.45) is 5.92 Å². The first-order valence-corrected chi connectivity index (χ1v) is 10.2. The molecule has 5 nitrogen and oxygen atoms in total. The van der Waals surface area contributed by atoms with E-state index in [2.05, 4.69) is 57.1 Å². The largest absolute Gasteiger partial charge is 0.348 e. The lowest BCUT2D eigenvalue weighted by atomic mass is 9.98. The van der Waals surface area contributed by atoms with Gasteiger partial charge in [0.25, 0.3) is 5.91 Å². The van der Waals surface area contributed by atoms with Crippen molar-refractivity contribution in [1.82, 2.24) is 20.1 Å². The first-order chi connectivity index (χ1) is 13.9. The van der Waals surface area contributed by atoms with Gasteiger partial charge in [-0.3, -0.25) is 9.78 Å². The zero-order chi connectivity index (χ0) is 21.0. The average Bonchev–Trinajstić information content (AvgIpc) is 3.06. The summed E-state index contributed by atoms with van der Waals surface area (Å²) in [6.45, 7) is 11.0. The van der Waals surface area contributed by atoms with E-state index in [1.165, 1.54) is 5.56 Å². The quantitative estimate of drug-likeness (QED) is 0.629. The summed E-state index contributed by atoms with van der Waals surface area (Å²) in [5.74, 6) is 0.482. The number of pyridine rings is 1. The van der Waals surface area contributed by atoms with E-state index in [1.807, 2.05) is 28.9 Å². The van der Waals surface area contributed by atoms with Gasteiger partial charge in [-0.05, 0) is 54.5 Å². The summed E-state index contributed by atoms with van der Waals surface area (Å²) < 4.78 is 1.95. The van der Waals surface area contributed by atoms with Crippen LogP contribution in [0.3, 0.4) is 0 Å². The molecule has 3 aromatic rings. The fourth-order valence-corrected chi connectivity index (χ4v) is 3.52. The molecule has 0 atom stereocenters. The molecule has 2 aromatic heterocycles. The fourth-order valence-electron chi connectivity index (χ4n) is 3.52. The van der Waals surface area contributed by atoms with Crippen LogP contribution in [0.2, 0.25) is 0 Å². The molecule has 0 bridgehead atoms. The molecule has 1 amide bonds. The number of aryl methyl sites for hydroxylation is 1. The van der Waals surface area contributed by atoms with Gasteiger partial charge in [0.05, 0.1) is 22.6 Å². The monoisotopic (exact) mass is 390 g/mol. The minimum Gasteiger partial charge on any atom is -0.348 e. The van der Waals surface area contributed by atoms with Crippen LogP contribution in [-0.2, 0) is 13.0 Å². The molecule has 0 unspecified atom stereocenters. The highest BCUT2D eigenvalue weighted by Gasteiger charge is 2.26. The number of carbonyl (C=O) groups excluding carboxylic acids is 1. The van der Waals surface area contributed by atoms with Crippen LogP contribution in [0.25, 0.3) is 5.69 Å². The summed E-state index contributed by atoms with van der Waals surface area (Å²) in [4.78, 5) is 17.4. The van der Waals surface area contributed by atoms with Gasteiger partial charge in [-0.25, -0.2) is 4.68 Å². The summed E-state index contributed by atoms with van der Waals surface area (Å²) in [7, 11) is 0. The van der Waals surface area contributed by atoms with Gasteiger partial charge in [-0.2, -0.15) is 5.10 Å². The van der Waals surface area contributed by atoms with Gasteiger partial charge in [-0.1, -0.05) is 45.9 Å². The van der Waals surface area contributed by atoms with Crippen molar-refractivity contribution in [3.63, 3.8) is 0 Å². The molecule has 0 aliphatic rings. The predicted molar refractivity (Wildman–Crippen MR) is 116 cm³/mol.